The van der Waals surface area contributed by atoms with Crippen LogP contribution in [0, 0.1) is 0 Å². The maximum Gasteiger partial charge on any atom is 0.115 e. The van der Waals surface area contributed by atoms with E-state index in [0.717, 1.165) is 31.4 Å². The van der Waals surface area contributed by atoms with Crippen molar-refractivity contribution in [3.05, 3.63) is 24.3 Å². The number of ether oxygens (including phenoxy) is 2. The van der Waals surface area contributed by atoms with E-state index < -0.39 is 12.2 Å². The number of unbranched alkanes of at least 4 members (excludes halogenated alkanes) is 8. The average molecular weight is 454 g/mol. The molecule has 3 N–H and O–H groups in total. The molecule has 0 saturated heterocycles. The van der Waals surface area contributed by atoms with Crippen molar-refractivity contribution < 1.29 is 24.8 Å². The van der Waals surface area contributed by atoms with Gasteiger partial charge in [0.05, 0.1) is 25.4 Å². The summed E-state index contributed by atoms with van der Waals surface area (Å²) in [4.78, 5) is 1.92. The summed E-state index contributed by atoms with van der Waals surface area (Å²) in [5.74, 6) is 0.188. The summed E-state index contributed by atoms with van der Waals surface area (Å²) in [5.41, 5.74) is 0.833. The molecule has 1 aromatic carbocycles. The third-order valence-electron chi connectivity index (χ3n) is 5.48. The van der Waals surface area contributed by atoms with E-state index in [1.807, 2.05) is 4.90 Å². The molecular weight excluding hydrogens is 406 g/mol. The van der Waals surface area contributed by atoms with Crippen LogP contribution in [0.4, 0.5) is 5.69 Å². The SMILES string of the molecule is CCCCCCCOCC(O)CN(CC(O)COCCCCCCC)c1ccc(O)cc1. The summed E-state index contributed by atoms with van der Waals surface area (Å²) in [5, 5.41) is 30.5. The summed E-state index contributed by atoms with van der Waals surface area (Å²) in [6.07, 6.45) is 10.5. The highest BCUT2D eigenvalue weighted by Gasteiger charge is 2.17. The van der Waals surface area contributed by atoms with E-state index in [4.69, 9.17) is 9.47 Å². The molecule has 0 aliphatic heterocycles. The first kappa shape index (κ1) is 28.7. The number of aromatic hydroxyl groups is 1. The number of nitrogens with zero attached hydrogens (tertiary/aromatic N) is 1. The van der Waals surface area contributed by atoms with Gasteiger partial charge in [0.2, 0.25) is 0 Å². The maximum absolute atomic E-state index is 10.5. The quantitative estimate of drug-likeness (QED) is 0.230. The third-order valence-corrected chi connectivity index (χ3v) is 5.48. The van der Waals surface area contributed by atoms with Crippen LogP contribution in [0.15, 0.2) is 24.3 Å². The molecule has 6 heteroatoms. The third kappa shape index (κ3) is 14.7. The molecule has 0 amide bonds. The molecule has 32 heavy (non-hydrogen) atoms. The monoisotopic (exact) mass is 453 g/mol. The number of aliphatic hydroxyl groups excluding tert-OH is 2. The van der Waals surface area contributed by atoms with Crippen molar-refractivity contribution in [3.8, 4) is 5.75 Å². The Hall–Kier alpha value is -1.34. The zero-order valence-corrected chi connectivity index (χ0v) is 20.4. The lowest BCUT2D eigenvalue weighted by atomic mass is 10.2. The van der Waals surface area contributed by atoms with Gasteiger partial charge in [-0.15, -0.1) is 0 Å². The van der Waals surface area contributed by atoms with Crippen molar-refractivity contribution in [2.45, 2.75) is 90.3 Å². The Kier molecular flexibility index (Phi) is 17.2. The Balaban J connectivity index is 2.40. The second kappa shape index (κ2) is 19.2. The van der Waals surface area contributed by atoms with Gasteiger partial charge in [-0.05, 0) is 37.1 Å². The van der Waals surface area contributed by atoms with Crippen LogP contribution >= 0.6 is 0 Å². The standard InChI is InChI=1S/C26H47NO5/c1-3-5-7-9-11-17-31-21-25(29)19-27(23-13-15-24(28)16-14-23)20-26(30)22-32-18-12-10-8-6-4-2/h13-16,25-26,28-30H,3-12,17-22H2,1-2H3. The summed E-state index contributed by atoms with van der Waals surface area (Å²) in [6, 6.07) is 6.80. The fourth-order valence-electron chi connectivity index (χ4n) is 3.62. The van der Waals surface area contributed by atoms with Crippen LogP contribution in [-0.2, 0) is 9.47 Å². The lowest BCUT2D eigenvalue weighted by Crippen LogP contribution is -2.41. The van der Waals surface area contributed by atoms with E-state index in [0.29, 0.717) is 26.3 Å². The summed E-state index contributed by atoms with van der Waals surface area (Å²) in [7, 11) is 0. The average Bonchev–Trinajstić information content (AvgIpc) is 2.78. The minimum atomic E-state index is -0.661. The lowest BCUT2D eigenvalue weighted by Gasteiger charge is -2.29. The smallest absolute Gasteiger partial charge is 0.115 e. The number of hydrogen-bond acceptors (Lipinski definition) is 6. The van der Waals surface area contributed by atoms with Crippen molar-refractivity contribution in [2.75, 3.05) is 44.4 Å². The van der Waals surface area contributed by atoms with Gasteiger partial charge < -0.3 is 29.7 Å². The van der Waals surface area contributed by atoms with Crippen molar-refractivity contribution in [1.82, 2.24) is 0 Å². The first-order valence-corrected chi connectivity index (χ1v) is 12.6. The van der Waals surface area contributed by atoms with E-state index >= 15 is 0 Å². The number of rotatable bonds is 21. The van der Waals surface area contributed by atoms with Crippen molar-refractivity contribution in [2.24, 2.45) is 0 Å². The van der Waals surface area contributed by atoms with Crippen LogP contribution in [0.1, 0.15) is 78.1 Å². The topological polar surface area (TPSA) is 82.4 Å². The van der Waals surface area contributed by atoms with E-state index in [2.05, 4.69) is 13.8 Å². The van der Waals surface area contributed by atoms with Crippen LogP contribution in [0.25, 0.3) is 0 Å². The van der Waals surface area contributed by atoms with Crippen molar-refractivity contribution >= 4 is 5.69 Å². The van der Waals surface area contributed by atoms with Crippen LogP contribution in [0.5, 0.6) is 5.75 Å². The normalized spacial score (nSPS) is 13.2. The highest BCUT2D eigenvalue weighted by atomic mass is 16.5. The lowest BCUT2D eigenvalue weighted by molar-refractivity contribution is 0.0284. The summed E-state index contributed by atoms with van der Waals surface area (Å²) >= 11 is 0. The first-order chi connectivity index (χ1) is 15.6. The first-order valence-electron chi connectivity index (χ1n) is 12.6. The molecule has 0 heterocycles. The molecule has 6 nitrogen and oxygen atoms in total. The maximum atomic E-state index is 10.5. The minimum absolute atomic E-state index is 0.188. The van der Waals surface area contributed by atoms with Crippen LogP contribution < -0.4 is 4.90 Å². The molecule has 0 fully saturated rings. The number of benzene rings is 1. The Morgan fingerprint density at radius 3 is 1.56 bits per heavy atom. The largest absolute Gasteiger partial charge is 0.508 e. The molecule has 0 saturated carbocycles. The van der Waals surface area contributed by atoms with Crippen molar-refractivity contribution in [3.63, 3.8) is 0 Å². The molecule has 2 unspecified atom stereocenters. The fourth-order valence-corrected chi connectivity index (χ4v) is 3.62. The van der Waals surface area contributed by atoms with E-state index in [9.17, 15) is 15.3 Å². The zero-order valence-electron chi connectivity index (χ0n) is 20.4. The predicted octanol–water partition coefficient (Wildman–Crippen LogP) is 4.89. The number of anilines is 1. The highest BCUT2D eigenvalue weighted by molar-refractivity contribution is 5.49. The van der Waals surface area contributed by atoms with Crippen LogP contribution in [-0.4, -0.2) is 67.0 Å². The second-order valence-electron chi connectivity index (χ2n) is 8.71. The van der Waals surface area contributed by atoms with Crippen LogP contribution in [0.3, 0.4) is 0 Å². The number of hydrogen-bond donors (Lipinski definition) is 3. The van der Waals surface area contributed by atoms with Gasteiger partial charge in [-0.1, -0.05) is 65.2 Å². The molecule has 0 bridgehead atoms. The zero-order chi connectivity index (χ0) is 23.4. The van der Waals surface area contributed by atoms with E-state index in [1.54, 1.807) is 24.3 Å². The molecule has 0 aliphatic rings. The van der Waals surface area contributed by atoms with Gasteiger partial charge in [-0.3, -0.25) is 0 Å². The Labute approximate surface area is 195 Å². The molecular formula is C26H47NO5. The number of phenols is 1. The van der Waals surface area contributed by atoms with Crippen LogP contribution in [0.2, 0.25) is 0 Å². The van der Waals surface area contributed by atoms with E-state index in [-0.39, 0.29) is 19.0 Å². The number of phenolic OH excluding ortho intramolecular Hbond substituents is 1. The van der Waals surface area contributed by atoms with E-state index in [1.165, 1.54) is 38.5 Å². The van der Waals surface area contributed by atoms with Gasteiger partial charge in [0.25, 0.3) is 0 Å². The molecule has 0 spiro atoms. The van der Waals surface area contributed by atoms with Crippen molar-refractivity contribution in [1.29, 1.82) is 0 Å². The van der Waals surface area contributed by atoms with Gasteiger partial charge in [-0.2, -0.15) is 0 Å². The molecule has 0 aromatic heterocycles. The van der Waals surface area contributed by atoms with Gasteiger partial charge in [0, 0.05) is 32.0 Å². The minimum Gasteiger partial charge on any atom is -0.508 e. The number of aliphatic hydroxyl groups is 2. The molecule has 1 aromatic rings. The van der Waals surface area contributed by atoms with Gasteiger partial charge in [0.15, 0.2) is 0 Å². The van der Waals surface area contributed by atoms with Gasteiger partial charge >= 0.3 is 0 Å². The molecule has 0 aliphatic carbocycles. The Morgan fingerprint density at radius 2 is 1.12 bits per heavy atom. The summed E-state index contributed by atoms with van der Waals surface area (Å²) in [6.45, 7) is 6.95. The molecule has 186 valence electrons. The molecule has 1 rings (SSSR count). The summed E-state index contributed by atoms with van der Waals surface area (Å²) < 4.78 is 11.3. The predicted molar refractivity (Wildman–Crippen MR) is 131 cm³/mol. The van der Waals surface area contributed by atoms with Gasteiger partial charge in [-0.25, -0.2) is 0 Å². The van der Waals surface area contributed by atoms with Gasteiger partial charge in [0.1, 0.15) is 5.75 Å². The highest BCUT2D eigenvalue weighted by Crippen LogP contribution is 2.19. The fraction of sp³-hybridized carbons (Fsp3) is 0.769. The molecule has 0 radical (unpaired) electrons. The Morgan fingerprint density at radius 1 is 0.688 bits per heavy atom. The second-order valence-corrected chi connectivity index (χ2v) is 8.71. The Bertz CT molecular complexity index is 514. The molecule has 2 atom stereocenters.